The van der Waals surface area contributed by atoms with Gasteiger partial charge in [0.1, 0.15) is 12.3 Å². The highest BCUT2D eigenvalue weighted by molar-refractivity contribution is 7.88. The first-order valence-electron chi connectivity index (χ1n) is 8.56. The summed E-state index contributed by atoms with van der Waals surface area (Å²) in [5.41, 5.74) is 0.977. The number of sulfonamides is 1. The molecule has 0 bridgehead atoms. The third kappa shape index (κ3) is 4.76. The van der Waals surface area contributed by atoms with Gasteiger partial charge in [0.25, 0.3) is 5.91 Å². The van der Waals surface area contributed by atoms with E-state index in [4.69, 9.17) is 14.6 Å². The molecule has 1 aromatic carbocycles. The fraction of sp³-hybridized carbons (Fsp3) is 0.529. The van der Waals surface area contributed by atoms with E-state index < -0.39 is 34.7 Å². The fourth-order valence-corrected chi connectivity index (χ4v) is 4.03. The van der Waals surface area contributed by atoms with Gasteiger partial charge in [-0.05, 0) is 11.6 Å². The van der Waals surface area contributed by atoms with Crippen molar-refractivity contribution in [2.75, 3.05) is 39.0 Å². The van der Waals surface area contributed by atoms with Crippen molar-refractivity contribution in [3.63, 3.8) is 0 Å². The van der Waals surface area contributed by atoms with Crippen LogP contribution in [0.25, 0.3) is 0 Å². The summed E-state index contributed by atoms with van der Waals surface area (Å²) in [6.07, 6.45) is 0.239. The molecular formula is C17H22N2O7S. The lowest BCUT2D eigenvalue weighted by atomic mass is 10.1. The van der Waals surface area contributed by atoms with Crippen molar-refractivity contribution in [1.82, 2.24) is 9.21 Å². The number of rotatable bonds is 6. The number of morpholine rings is 1. The minimum atomic E-state index is -3.70. The summed E-state index contributed by atoms with van der Waals surface area (Å²) in [4.78, 5) is 25.3. The SMILES string of the molecule is CS(=O)(=O)N(CC(=O)O)CC1CN(C(=O)C2Cc3ccccc3O2)CCO1. The third-order valence-corrected chi connectivity index (χ3v) is 5.78. The molecule has 1 N–H and O–H groups in total. The van der Waals surface area contributed by atoms with Crippen LogP contribution in [0.2, 0.25) is 0 Å². The topological polar surface area (TPSA) is 113 Å². The summed E-state index contributed by atoms with van der Waals surface area (Å²) in [6, 6.07) is 7.47. The van der Waals surface area contributed by atoms with E-state index in [0.717, 1.165) is 16.1 Å². The molecule has 2 aliphatic heterocycles. The number of carbonyl (C=O) groups is 2. The Bertz CT molecular complexity index is 801. The molecule has 2 unspecified atom stereocenters. The average Bonchev–Trinajstić information content (AvgIpc) is 3.04. The Morgan fingerprint density at radius 2 is 2.07 bits per heavy atom. The Morgan fingerprint density at radius 1 is 1.33 bits per heavy atom. The summed E-state index contributed by atoms with van der Waals surface area (Å²) < 4.78 is 35.7. The van der Waals surface area contributed by atoms with Gasteiger partial charge in [-0.1, -0.05) is 18.2 Å². The van der Waals surface area contributed by atoms with E-state index >= 15 is 0 Å². The molecule has 3 rings (SSSR count). The zero-order valence-electron chi connectivity index (χ0n) is 14.9. The van der Waals surface area contributed by atoms with E-state index in [2.05, 4.69) is 0 Å². The van der Waals surface area contributed by atoms with E-state index in [1.165, 1.54) is 0 Å². The van der Waals surface area contributed by atoms with Crippen LogP contribution in [-0.4, -0.2) is 85.9 Å². The molecular weight excluding hydrogens is 376 g/mol. The Morgan fingerprint density at radius 3 is 2.74 bits per heavy atom. The smallest absolute Gasteiger partial charge is 0.318 e. The quantitative estimate of drug-likeness (QED) is 0.691. The molecule has 148 valence electrons. The highest BCUT2D eigenvalue weighted by atomic mass is 32.2. The number of carboxylic acid groups (broad SMARTS) is 1. The first kappa shape index (κ1) is 19.6. The molecule has 2 atom stereocenters. The van der Waals surface area contributed by atoms with Crippen LogP contribution in [-0.2, 0) is 30.8 Å². The molecule has 1 aromatic rings. The minimum absolute atomic E-state index is 0.124. The Hall–Kier alpha value is -2.17. The second kappa shape index (κ2) is 7.83. The van der Waals surface area contributed by atoms with Crippen molar-refractivity contribution in [2.45, 2.75) is 18.6 Å². The van der Waals surface area contributed by atoms with Crippen molar-refractivity contribution in [2.24, 2.45) is 0 Å². The first-order valence-corrected chi connectivity index (χ1v) is 10.4. The van der Waals surface area contributed by atoms with Crippen LogP contribution in [0, 0.1) is 0 Å². The molecule has 0 saturated carbocycles. The number of fused-ring (bicyclic) bond motifs is 1. The molecule has 1 fully saturated rings. The minimum Gasteiger partial charge on any atom is -0.480 e. The van der Waals surface area contributed by atoms with Crippen LogP contribution in [0.3, 0.4) is 0 Å². The lowest BCUT2D eigenvalue weighted by Crippen LogP contribution is -2.53. The van der Waals surface area contributed by atoms with E-state index in [1.807, 2.05) is 24.3 Å². The lowest BCUT2D eigenvalue weighted by Gasteiger charge is -2.35. The molecule has 0 aromatic heterocycles. The van der Waals surface area contributed by atoms with Crippen molar-refractivity contribution < 1.29 is 32.6 Å². The maximum Gasteiger partial charge on any atom is 0.318 e. The van der Waals surface area contributed by atoms with Gasteiger partial charge in [0.05, 0.1) is 19.0 Å². The van der Waals surface area contributed by atoms with Crippen molar-refractivity contribution in [3.8, 4) is 5.75 Å². The number of nitrogens with zero attached hydrogens (tertiary/aromatic N) is 2. The van der Waals surface area contributed by atoms with Crippen molar-refractivity contribution in [1.29, 1.82) is 0 Å². The van der Waals surface area contributed by atoms with E-state index in [-0.39, 0.29) is 25.6 Å². The molecule has 2 aliphatic rings. The van der Waals surface area contributed by atoms with Gasteiger partial charge in [0, 0.05) is 26.1 Å². The largest absolute Gasteiger partial charge is 0.480 e. The van der Waals surface area contributed by atoms with Crippen LogP contribution in [0.15, 0.2) is 24.3 Å². The second-order valence-electron chi connectivity index (χ2n) is 6.64. The summed E-state index contributed by atoms with van der Waals surface area (Å²) in [6.45, 7) is 0.0408. The number of benzene rings is 1. The number of ether oxygens (including phenoxy) is 2. The first-order chi connectivity index (χ1) is 12.7. The van der Waals surface area contributed by atoms with Crippen LogP contribution >= 0.6 is 0 Å². The Kier molecular flexibility index (Phi) is 5.68. The predicted molar refractivity (Wildman–Crippen MR) is 94.9 cm³/mol. The van der Waals surface area contributed by atoms with Crippen LogP contribution in [0.5, 0.6) is 5.75 Å². The zero-order valence-corrected chi connectivity index (χ0v) is 15.7. The van der Waals surface area contributed by atoms with Gasteiger partial charge in [0.2, 0.25) is 10.0 Å². The number of carbonyl (C=O) groups excluding carboxylic acids is 1. The lowest BCUT2D eigenvalue weighted by molar-refractivity contribution is -0.146. The molecule has 0 aliphatic carbocycles. The summed E-state index contributed by atoms with van der Waals surface area (Å²) >= 11 is 0. The predicted octanol–water partition coefficient (Wildman–Crippen LogP) is -0.436. The molecule has 10 heteroatoms. The molecule has 1 saturated heterocycles. The van der Waals surface area contributed by atoms with Gasteiger partial charge >= 0.3 is 5.97 Å². The molecule has 2 heterocycles. The van der Waals surface area contributed by atoms with Gasteiger partial charge in [-0.15, -0.1) is 0 Å². The maximum absolute atomic E-state index is 12.8. The molecule has 1 amide bonds. The fourth-order valence-electron chi connectivity index (χ4n) is 3.25. The van der Waals surface area contributed by atoms with Crippen molar-refractivity contribution in [3.05, 3.63) is 29.8 Å². The number of hydrogen-bond acceptors (Lipinski definition) is 6. The van der Waals surface area contributed by atoms with Crippen molar-refractivity contribution >= 4 is 21.9 Å². The number of carboxylic acids is 1. The van der Waals surface area contributed by atoms with E-state index in [9.17, 15) is 18.0 Å². The number of amides is 1. The van der Waals surface area contributed by atoms with Gasteiger partial charge in [-0.3, -0.25) is 9.59 Å². The zero-order chi connectivity index (χ0) is 19.6. The normalized spacial score (nSPS) is 22.4. The highest BCUT2D eigenvalue weighted by Gasteiger charge is 2.36. The van der Waals surface area contributed by atoms with Gasteiger partial charge < -0.3 is 19.5 Å². The van der Waals surface area contributed by atoms with Gasteiger partial charge in [-0.25, -0.2) is 8.42 Å². The molecule has 0 spiro atoms. The standard InChI is InChI=1S/C17H22N2O7S/c1-27(23,24)19(11-16(20)21)10-13-9-18(6-7-25-13)17(22)15-8-12-4-2-3-5-14(12)26-15/h2-5,13,15H,6-11H2,1H3,(H,20,21). The summed E-state index contributed by atoms with van der Waals surface area (Å²) in [7, 11) is -3.70. The average molecular weight is 398 g/mol. The monoisotopic (exact) mass is 398 g/mol. The van der Waals surface area contributed by atoms with Crippen LogP contribution < -0.4 is 4.74 Å². The highest BCUT2D eigenvalue weighted by Crippen LogP contribution is 2.29. The van der Waals surface area contributed by atoms with Gasteiger partial charge in [0.15, 0.2) is 6.10 Å². The van der Waals surface area contributed by atoms with Crippen LogP contribution in [0.1, 0.15) is 5.56 Å². The third-order valence-electron chi connectivity index (χ3n) is 4.56. The molecule has 0 radical (unpaired) electrons. The number of para-hydroxylation sites is 1. The Balaban J connectivity index is 1.62. The number of hydrogen-bond donors (Lipinski definition) is 1. The van der Waals surface area contributed by atoms with E-state index in [1.54, 1.807) is 4.90 Å². The Labute approximate surface area is 157 Å². The summed E-state index contributed by atoms with van der Waals surface area (Å²) in [5.74, 6) is -0.727. The number of aliphatic carboxylic acids is 1. The molecule has 9 nitrogen and oxygen atoms in total. The van der Waals surface area contributed by atoms with Crippen LogP contribution in [0.4, 0.5) is 0 Å². The van der Waals surface area contributed by atoms with Gasteiger partial charge in [-0.2, -0.15) is 4.31 Å². The molecule has 27 heavy (non-hydrogen) atoms. The second-order valence-corrected chi connectivity index (χ2v) is 8.63. The maximum atomic E-state index is 12.8. The van der Waals surface area contributed by atoms with E-state index in [0.29, 0.717) is 18.7 Å². The summed E-state index contributed by atoms with van der Waals surface area (Å²) in [5, 5.41) is 8.92.